The fourth-order valence-corrected chi connectivity index (χ4v) is 19.5. The summed E-state index contributed by atoms with van der Waals surface area (Å²) in [6, 6.07) is 7.60. The van der Waals surface area contributed by atoms with Crippen LogP contribution in [0.4, 0.5) is 4.20 Å². The van der Waals surface area contributed by atoms with Crippen molar-refractivity contribution in [1.82, 2.24) is 28.1 Å². The summed E-state index contributed by atoms with van der Waals surface area (Å²) in [4.78, 5) is 1.42. The van der Waals surface area contributed by atoms with E-state index in [9.17, 15) is 0 Å². The van der Waals surface area contributed by atoms with Gasteiger partial charge in [0.2, 0.25) is 0 Å². The second kappa shape index (κ2) is 9.10. The fraction of sp³-hybridized carbons (Fsp3) is 0.667. The highest BCUT2D eigenvalue weighted by molar-refractivity contribution is 8.45. The van der Waals surface area contributed by atoms with Gasteiger partial charge in [-0.05, 0) is 55.9 Å². The molecule has 9 nitrogen and oxygen atoms in total. The molecule has 2 aromatic rings. The first-order valence-electron chi connectivity index (χ1n) is 11.2. The molecule has 2 atom stereocenters. The molecule has 180 valence electrons. The van der Waals surface area contributed by atoms with Gasteiger partial charge in [-0.1, -0.05) is 17.0 Å². The van der Waals surface area contributed by atoms with Gasteiger partial charge in [0.05, 0.1) is 0 Å². The van der Waals surface area contributed by atoms with Crippen LogP contribution in [-0.2, 0) is 17.8 Å². The normalized spacial score (nSPS) is 23.2. The molecule has 3 aliphatic rings. The maximum absolute atomic E-state index is 17.5. The molecule has 1 aromatic heterocycles. The van der Waals surface area contributed by atoms with E-state index in [0.29, 0.717) is 11.0 Å². The number of para-hydroxylation sites is 1. The van der Waals surface area contributed by atoms with Gasteiger partial charge in [-0.3, -0.25) is 8.62 Å². The predicted octanol–water partition coefficient (Wildman–Crippen LogP) is 3.76. The van der Waals surface area contributed by atoms with Crippen molar-refractivity contribution in [1.29, 1.82) is 0 Å². The van der Waals surface area contributed by atoms with Crippen LogP contribution >= 0.6 is 25.7 Å². The second-order valence-electron chi connectivity index (χ2n) is 8.36. The molecule has 3 aliphatic heterocycles. The SMILES string of the molecule is FP(OP)(OP)=S(On1nnc2ccccc21)(N1CCCC1)(N1CCCC1)N1CCCC1. The van der Waals surface area contributed by atoms with Crippen molar-refractivity contribution in [3.63, 3.8) is 0 Å². The van der Waals surface area contributed by atoms with Gasteiger partial charge in [0.25, 0.3) is 0 Å². The molecule has 14 heteroatoms. The lowest BCUT2D eigenvalue weighted by Crippen LogP contribution is -2.73. The average Bonchev–Trinajstić information content (AvgIpc) is 3.65. The van der Waals surface area contributed by atoms with Gasteiger partial charge in [0.15, 0.2) is 0 Å². The van der Waals surface area contributed by atoms with E-state index in [0.717, 1.165) is 77.8 Å². The first kappa shape index (κ1) is 23.5. The minimum Gasteiger partial charge on any atom is -0.306 e. The molecule has 32 heavy (non-hydrogen) atoms. The Labute approximate surface area is 193 Å². The van der Waals surface area contributed by atoms with E-state index in [1.54, 1.807) is 0 Å². The van der Waals surface area contributed by atoms with Crippen LogP contribution in [0.25, 0.3) is 11.0 Å². The molecule has 1 aromatic carbocycles. The third kappa shape index (κ3) is 3.13. The van der Waals surface area contributed by atoms with Gasteiger partial charge in [-0.25, -0.2) is 12.9 Å². The lowest BCUT2D eigenvalue weighted by atomic mass is 10.3. The van der Waals surface area contributed by atoms with Crippen molar-refractivity contribution in [2.45, 2.75) is 38.5 Å². The van der Waals surface area contributed by atoms with Gasteiger partial charge in [0, 0.05) is 58.2 Å². The number of nitrogens with zero attached hydrogens (tertiary/aromatic N) is 6. The highest BCUT2D eigenvalue weighted by atomic mass is 32.6. The number of fused-ring (bicyclic) bond motifs is 1. The first-order chi connectivity index (χ1) is 15.6. The number of rotatable bonds is 7. The van der Waals surface area contributed by atoms with Crippen LogP contribution in [0.15, 0.2) is 24.3 Å². The van der Waals surface area contributed by atoms with E-state index >= 15 is 4.20 Å². The molecule has 2 unspecified atom stereocenters. The Hall–Kier alpha value is -0.210. The summed E-state index contributed by atoms with van der Waals surface area (Å²) < 4.78 is 42.7. The Bertz CT molecular complexity index is 1010. The molecule has 0 amide bonds. The van der Waals surface area contributed by atoms with Gasteiger partial charge in [0.1, 0.15) is 20.2 Å². The predicted molar refractivity (Wildman–Crippen MR) is 134 cm³/mol. The molecule has 0 N–H and O–H groups in total. The largest absolute Gasteiger partial charge is 0.384 e. The van der Waals surface area contributed by atoms with Gasteiger partial charge in [-0.2, -0.15) is 4.20 Å². The molecule has 3 fully saturated rings. The smallest absolute Gasteiger partial charge is 0.306 e. The minimum atomic E-state index is -4.17. The van der Waals surface area contributed by atoms with E-state index in [1.165, 1.54) is 4.85 Å². The molecular weight excluding hydrogens is 492 g/mol. The summed E-state index contributed by atoms with van der Waals surface area (Å²) in [5.74, 6) is 0. The topological polar surface area (TPSA) is 68.1 Å². The number of aromatic nitrogens is 3. The van der Waals surface area contributed by atoms with Crippen LogP contribution in [0.2, 0.25) is 0 Å². The molecule has 0 aliphatic carbocycles. The van der Waals surface area contributed by atoms with Crippen LogP contribution in [0.3, 0.4) is 0 Å². The quantitative estimate of drug-likeness (QED) is 0.508. The number of hydrogen-bond acceptors (Lipinski definition) is 5. The molecular formula is C18H32FN6O3P3S. The van der Waals surface area contributed by atoms with E-state index in [-0.39, 0.29) is 0 Å². The van der Waals surface area contributed by atoms with Crippen LogP contribution in [-0.4, -0.2) is 67.3 Å². The standard InChI is InChI=1S/C18H32FN6O3P3S/c19-31(27-29,28-30)32(22-11-3-4-12-22,23-13-5-6-14-23,24-15-7-8-16-24)26-25-18-10-2-1-9-17(18)20-21-25/h1-2,9-10H,3-8,11-16,29-30H2. The molecule has 0 spiro atoms. The third-order valence-corrected chi connectivity index (χ3v) is 19.8. The summed E-state index contributed by atoms with van der Waals surface area (Å²) in [6.07, 6.45) is 5.85. The molecule has 3 saturated heterocycles. The van der Waals surface area contributed by atoms with E-state index in [1.807, 2.05) is 24.3 Å². The van der Waals surface area contributed by atoms with E-state index in [4.69, 9.17) is 12.9 Å². The van der Waals surface area contributed by atoms with Crippen LogP contribution < -0.4 is 4.28 Å². The van der Waals surface area contributed by atoms with Gasteiger partial charge < -0.3 is 4.28 Å². The van der Waals surface area contributed by atoms with Crippen molar-refractivity contribution in [3.8, 4) is 0 Å². The zero-order valence-electron chi connectivity index (χ0n) is 18.1. The monoisotopic (exact) mass is 524 g/mol. The molecule has 4 heterocycles. The zero-order valence-corrected chi connectivity index (χ0v) is 22.1. The lowest BCUT2D eigenvalue weighted by molar-refractivity contribution is 0.181. The second-order valence-corrected chi connectivity index (χ2v) is 17.4. The Morgan fingerprint density at radius 2 is 1.28 bits per heavy atom. The highest BCUT2D eigenvalue weighted by Crippen LogP contribution is 2.73. The van der Waals surface area contributed by atoms with Crippen LogP contribution in [0.1, 0.15) is 38.5 Å². The van der Waals surface area contributed by atoms with Crippen molar-refractivity contribution >= 4 is 45.9 Å². The van der Waals surface area contributed by atoms with Crippen LogP contribution in [0.5, 0.6) is 0 Å². The maximum atomic E-state index is 17.5. The highest BCUT2D eigenvalue weighted by Gasteiger charge is 2.64. The first-order valence-corrected chi connectivity index (χ1v) is 16.1. The summed E-state index contributed by atoms with van der Waals surface area (Å²) in [7, 11) is 0.326. The summed E-state index contributed by atoms with van der Waals surface area (Å²) in [5.41, 5.74) is 1.40. The molecule has 0 saturated carbocycles. The summed E-state index contributed by atoms with van der Waals surface area (Å²) in [6.45, 7) is 0.136. The summed E-state index contributed by atoms with van der Waals surface area (Å²) in [5, 5.41) is 8.63. The van der Waals surface area contributed by atoms with Gasteiger partial charge in [-0.15, -0.1) is 5.10 Å². The average molecular weight is 524 g/mol. The van der Waals surface area contributed by atoms with Crippen molar-refractivity contribution in [2.75, 3.05) is 39.3 Å². The molecule has 5 rings (SSSR count). The van der Waals surface area contributed by atoms with Crippen molar-refractivity contribution < 1.29 is 17.1 Å². The summed E-state index contributed by atoms with van der Waals surface area (Å²) >= 11 is 0. The lowest BCUT2D eigenvalue weighted by Gasteiger charge is -2.64. The van der Waals surface area contributed by atoms with Crippen molar-refractivity contribution in [3.05, 3.63) is 24.3 Å². The van der Waals surface area contributed by atoms with Crippen LogP contribution in [0, 0.1) is 0 Å². The van der Waals surface area contributed by atoms with E-state index in [2.05, 4.69) is 42.2 Å². The van der Waals surface area contributed by atoms with Gasteiger partial charge >= 0.3 is 6.80 Å². The number of halogens is 1. The Kier molecular flexibility index (Phi) is 6.69. The minimum absolute atomic E-state index is 0.700. The number of benzene rings is 1. The molecule has 0 bridgehead atoms. The van der Waals surface area contributed by atoms with E-state index < -0.39 is 16.0 Å². The molecule has 0 radical (unpaired) electrons. The third-order valence-electron chi connectivity index (χ3n) is 6.71. The number of hydrogen-bond donors (Lipinski definition) is 0. The Morgan fingerprint density at radius 3 is 1.75 bits per heavy atom. The Balaban J connectivity index is 1.90. The zero-order chi connectivity index (χ0) is 22.3. The fourth-order valence-electron chi connectivity index (χ4n) is 5.31. The van der Waals surface area contributed by atoms with Crippen molar-refractivity contribution in [2.24, 2.45) is 0 Å². The Morgan fingerprint density at radius 1 is 0.812 bits per heavy atom. The maximum Gasteiger partial charge on any atom is 0.384 e.